The van der Waals surface area contributed by atoms with Crippen LogP contribution in [-0.2, 0) is 24.8 Å². The number of aromatic nitrogens is 2. The average molecular weight is 383 g/mol. The van der Waals surface area contributed by atoms with E-state index in [4.69, 9.17) is 9.47 Å². The van der Waals surface area contributed by atoms with Crippen LogP contribution in [0.15, 0.2) is 30.6 Å². The summed E-state index contributed by atoms with van der Waals surface area (Å²) in [5, 5.41) is 4.28. The van der Waals surface area contributed by atoms with E-state index in [1.165, 1.54) is 19.3 Å². The molecule has 4 rings (SSSR count). The number of fused-ring (bicyclic) bond motifs is 1. The minimum absolute atomic E-state index is 0.154. The van der Waals surface area contributed by atoms with E-state index in [-0.39, 0.29) is 11.8 Å². The molecule has 1 atom stereocenters. The van der Waals surface area contributed by atoms with Crippen molar-refractivity contribution in [3.63, 3.8) is 0 Å². The van der Waals surface area contributed by atoms with Crippen molar-refractivity contribution in [2.45, 2.75) is 51.1 Å². The molecule has 2 heterocycles. The number of amides is 1. The maximum atomic E-state index is 13.6. The standard InChI is InChI=1S/C22H29N3O3/c1-24-13-16(12-23-24)14-25(19-8-4-3-5-9-19)22(26)18-11-17-7-6-10-20(27-2)21(17)28-15-18/h6-7,10,12-13,18-19H,3-5,8-9,11,14-15H2,1-2H3/t18-/m0/s1. The van der Waals surface area contributed by atoms with Gasteiger partial charge < -0.3 is 14.4 Å². The first-order chi connectivity index (χ1) is 13.7. The highest BCUT2D eigenvalue weighted by Gasteiger charge is 2.34. The molecule has 6 nitrogen and oxygen atoms in total. The van der Waals surface area contributed by atoms with Crippen LogP contribution in [0.25, 0.3) is 0 Å². The molecule has 1 fully saturated rings. The Morgan fingerprint density at radius 2 is 2.14 bits per heavy atom. The fourth-order valence-corrected chi connectivity index (χ4v) is 4.48. The number of aryl methyl sites for hydroxylation is 1. The van der Waals surface area contributed by atoms with Crippen LogP contribution in [0.3, 0.4) is 0 Å². The molecule has 0 radical (unpaired) electrons. The summed E-state index contributed by atoms with van der Waals surface area (Å²) in [6, 6.07) is 6.21. The molecule has 0 spiro atoms. The first kappa shape index (κ1) is 18.8. The van der Waals surface area contributed by atoms with Crippen molar-refractivity contribution in [1.82, 2.24) is 14.7 Å². The SMILES string of the molecule is COc1cccc2c1OC[C@@H](C(=O)N(Cc1cnn(C)c1)C1CCCCC1)C2. The van der Waals surface area contributed by atoms with E-state index >= 15 is 0 Å². The number of hydrogen-bond acceptors (Lipinski definition) is 4. The van der Waals surface area contributed by atoms with Crippen LogP contribution in [0.1, 0.15) is 43.2 Å². The van der Waals surface area contributed by atoms with Crippen LogP contribution in [0, 0.1) is 5.92 Å². The Kier molecular flexibility index (Phi) is 5.55. The summed E-state index contributed by atoms with van der Waals surface area (Å²) in [6.45, 7) is 1.03. The van der Waals surface area contributed by atoms with Gasteiger partial charge in [0.15, 0.2) is 11.5 Å². The van der Waals surface area contributed by atoms with E-state index in [1.807, 2.05) is 37.6 Å². The minimum Gasteiger partial charge on any atom is -0.493 e. The summed E-state index contributed by atoms with van der Waals surface area (Å²) in [6.07, 6.45) is 10.4. The molecule has 0 unspecified atom stereocenters. The van der Waals surface area contributed by atoms with Crippen LogP contribution in [0.4, 0.5) is 0 Å². The van der Waals surface area contributed by atoms with E-state index in [9.17, 15) is 4.79 Å². The fraction of sp³-hybridized carbons (Fsp3) is 0.545. The van der Waals surface area contributed by atoms with E-state index in [2.05, 4.69) is 10.00 Å². The van der Waals surface area contributed by atoms with Gasteiger partial charge in [-0.2, -0.15) is 5.10 Å². The second kappa shape index (κ2) is 8.25. The second-order valence-electron chi connectivity index (χ2n) is 7.94. The van der Waals surface area contributed by atoms with Gasteiger partial charge in [-0.15, -0.1) is 0 Å². The van der Waals surface area contributed by atoms with Crippen molar-refractivity contribution in [3.05, 3.63) is 41.7 Å². The Bertz CT molecular complexity index is 826. The van der Waals surface area contributed by atoms with E-state index in [0.29, 0.717) is 25.6 Å². The first-order valence-electron chi connectivity index (χ1n) is 10.2. The van der Waals surface area contributed by atoms with Gasteiger partial charge in [0.2, 0.25) is 5.91 Å². The summed E-state index contributed by atoms with van der Waals surface area (Å²) in [4.78, 5) is 15.7. The Labute approximate surface area is 166 Å². The molecule has 2 aliphatic rings. The van der Waals surface area contributed by atoms with Crippen molar-refractivity contribution in [1.29, 1.82) is 0 Å². The summed E-state index contributed by atoms with van der Waals surface area (Å²) < 4.78 is 13.2. The number of nitrogens with zero attached hydrogens (tertiary/aromatic N) is 3. The molecule has 1 aromatic heterocycles. The van der Waals surface area contributed by atoms with Gasteiger partial charge in [-0.3, -0.25) is 9.48 Å². The number of benzene rings is 1. The second-order valence-corrected chi connectivity index (χ2v) is 7.94. The van der Waals surface area contributed by atoms with Crippen LogP contribution < -0.4 is 9.47 Å². The predicted octanol–water partition coefficient (Wildman–Crippen LogP) is 3.34. The topological polar surface area (TPSA) is 56.6 Å². The lowest BCUT2D eigenvalue weighted by Crippen LogP contribution is -2.46. The van der Waals surface area contributed by atoms with Crippen LogP contribution in [0.2, 0.25) is 0 Å². The number of hydrogen-bond donors (Lipinski definition) is 0. The summed E-state index contributed by atoms with van der Waals surface area (Å²) in [7, 11) is 3.56. The van der Waals surface area contributed by atoms with Crippen molar-refractivity contribution in [2.24, 2.45) is 13.0 Å². The number of rotatable bonds is 5. The molecule has 0 bridgehead atoms. The van der Waals surface area contributed by atoms with Crippen molar-refractivity contribution in [3.8, 4) is 11.5 Å². The Morgan fingerprint density at radius 3 is 2.86 bits per heavy atom. The molecular formula is C22H29N3O3. The molecule has 1 aliphatic carbocycles. The molecule has 1 aliphatic heterocycles. The molecule has 2 aromatic rings. The summed E-state index contributed by atoms with van der Waals surface area (Å²) in [5.74, 6) is 1.57. The normalized spacial score (nSPS) is 19.6. The molecule has 6 heteroatoms. The smallest absolute Gasteiger partial charge is 0.230 e. The third-order valence-electron chi connectivity index (χ3n) is 5.93. The number of carbonyl (C=O) groups is 1. The van der Waals surface area contributed by atoms with E-state index in [0.717, 1.165) is 35.5 Å². The molecule has 150 valence electrons. The third-order valence-corrected chi connectivity index (χ3v) is 5.93. The van der Waals surface area contributed by atoms with Gasteiger partial charge in [-0.25, -0.2) is 0 Å². The van der Waals surface area contributed by atoms with Crippen LogP contribution in [0.5, 0.6) is 11.5 Å². The summed E-state index contributed by atoms with van der Waals surface area (Å²) >= 11 is 0. The molecule has 0 saturated heterocycles. The molecule has 28 heavy (non-hydrogen) atoms. The fourth-order valence-electron chi connectivity index (χ4n) is 4.48. The zero-order valence-electron chi connectivity index (χ0n) is 16.8. The zero-order valence-corrected chi connectivity index (χ0v) is 16.8. The minimum atomic E-state index is -0.154. The zero-order chi connectivity index (χ0) is 19.5. The Hall–Kier alpha value is -2.50. The molecule has 1 saturated carbocycles. The lowest BCUT2D eigenvalue weighted by molar-refractivity contribution is -0.140. The quantitative estimate of drug-likeness (QED) is 0.795. The number of para-hydroxylation sites is 1. The molecular weight excluding hydrogens is 354 g/mol. The molecule has 1 aromatic carbocycles. The molecule has 1 amide bonds. The van der Waals surface area contributed by atoms with Gasteiger partial charge in [0.05, 0.1) is 19.2 Å². The van der Waals surface area contributed by atoms with E-state index in [1.54, 1.807) is 11.8 Å². The number of carbonyl (C=O) groups excluding carboxylic acids is 1. The van der Waals surface area contributed by atoms with Gasteiger partial charge in [-0.05, 0) is 30.9 Å². The highest BCUT2D eigenvalue weighted by Crippen LogP contribution is 2.37. The van der Waals surface area contributed by atoms with E-state index < -0.39 is 0 Å². The van der Waals surface area contributed by atoms with Gasteiger partial charge in [0, 0.05) is 31.4 Å². The first-order valence-corrected chi connectivity index (χ1v) is 10.2. The monoisotopic (exact) mass is 383 g/mol. The Morgan fingerprint density at radius 1 is 1.32 bits per heavy atom. The van der Waals surface area contributed by atoms with Gasteiger partial charge in [0.25, 0.3) is 0 Å². The lowest BCUT2D eigenvalue weighted by Gasteiger charge is -2.37. The summed E-state index contributed by atoms with van der Waals surface area (Å²) in [5.41, 5.74) is 2.13. The van der Waals surface area contributed by atoms with Crippen molar-refractivity contribution in [2.75, 3.05) is 13.7 Å². The van der Waals surface area contributed by atoms with Crippen molar-refractivity contribution < 1.29 is 14.3 Å². The Balaban J connectivity index is 1.54. The molecule has 0 N–H and O–H groups in total. The largest absolute Gasteiger partial charge is 0.493 e. The number of ether oxygens (including phenoxy) is 2. The van der Waals surface area contributed by atoms with Gasteiger partial charge >= 0.3 is 0 Å². The number of methoxy groups -OCH3 is 1. The lowest BCUT2D eigenvalue weighted by atomic mass is 9.90. The maximum Gasteiger partial charge on any atom is 0.230 e. The highest BCUT2D eigenvalue weighted by atomic mass is 16.5. The average Bonchev–Trinajstić information content (AvgIpc) is 3.16. The van der Waals surface area contributed by atoms with Gasteiger partial charge in [0.1, 0.15) is 6.61 Å². The van der Waals surface area contributed by atoms with Crippen LogP contribution >= 0.6 is 0 Å². The van der Waals surface area contributed by atoms with Crippen molar-refractivity contribution >= 4 is 5.91 Å². The van der Waals surface area contributed by atoms with Gasteiger partial charge in [-0.1, -0.05) is 31.4 Å². The van der Waals surface area contributed by atoms with Crippen LogP contribution in [-0.4, -0.2) is 40.3 Å². The highest BCUT2D eigenvalue weighted by molar-refractivity contribution is 5.80. The third kappa shape index (κ3) is 3.86. The predicted molar refractivity (Wildman–Crippen MR) is 106 cm³/mol. The maximum absolute atomic E-state index is 13.6.